The van der Waals surface area contributed by atoms with Crippen molar-refractivity contribution in [2.45, 2.75) is 47.0 Å². The Hall–Kier alpha value is -1.22. The Morgan fingerprint density at radius 3 is 2.59 bits per heavy atom. The molecule has 0 aromatic heterocycles. The molecule has 17 heavy (non-hydrogen) atoms. The van der Waals surface area contributed by atoms with Gasteiger partial charge in [0.25, 0.3) is 0 Å². The molecule has 0 fully saturated rings. The topological polar surface area (TPSA) is 77.9 Å². The molecule has 0 aromatic rings. The van der Waals surface area contributed by atoms with Gasteiger partial charge in [0.2, 0.25) is 5.91 Å². The minimum Gasteiger partial charge on any atom is -0.356 e. The van der Waals surface area contributed by atoms with E-state index in [1.165, 1.54) is 0 Å². The van der Waals surface area contributed by atoms with Gasteiger partial charge in [-0.15, -0.1) is 0 Å². The van der Waals surface area contributed by atoms with Crippen LogP contribution in [0.3, 0.4) is 0 Å². The first-order chi connectivity index (χ1) is 7.90. The minimum absolute atomic E-state index is 0.0830. The van der Waals surface area contributed by atoms with Crippen LogP contribution in [0.5, 0.6) is 0 Å². The van der Waals surface area contributed by atoms with Gasteiger partial charge in [-0.25, -0.2) is 0 Å². The first-order valence-corrected chi connectivity index (χ1v) is 6.17. The van der Waals surface area contributed by atoms with Crippen molar-refractivity contribution in [2.75, 3.05) is 13.1 Å². The lowest BCUT2D eigenvalue weighted by molar-refractivity contribution is -0.121. The minimum atomic E-state index is 0.0830. The van der Waals surface area contributed by atoms with Gasteiger partial charge < -0.3 is 5.32 Å². The van der Waals surface area contributed by atoms with E-state index in [9.17, 15) is 4.79 Å². The van der Waals surface area contributed by atoms with Gasteiger partial charge in [0.1, 0.15) is 0 Å². The van der Waals surface area contributed by atoms with E-state index < -0.39 is 0 Å². The third-order valence-electron chi connectivity index (χ3n) is 3.28. The van der Waals surface area contributed by atoms with Crippen molar-refractivity contribution in [3.8, 4) is 0 Å². The molecule has 0 aliphatic carbocycles. The fourth-order valence-corrected chi connectivity index (χ4v) is 1.13. The molecule has 0 rings (SSSR count). The molecule has 1 amide bonds. The Balaban J connectivity index is 3.70. The maximum Gasteiger partial charge on any atom is 0.220 e. The molecule has 0 unspecified atom stereocenters. The number of hydrogen-bond donors (Lipinski definition) is 1. The van der Waals surface area contributed by atoms with Crippen molar-refractivity contribution in [1.82, 2.24) is 5.32 Å². The highest BCUT2D eigenvalue weighted by molar-refractivity contribution is 5.75. The molecule has 5 heteroatoms. The Kier molecular flexibility index (Phi) is 7.39. The average Bonchev–Trinajstić information content (AvgIpc) is 2.26. The summed E-state index contributed by atoms with van der Waals surface area (Å²) in [4.78, 5) is 14.2. The number of carbonyl (C=O) groups excluding carboxylic acids is 1. The van der Waals surface area contributed by atoms with E-state index in [-0.39, 0.29) is 11.3 Å². The Morgan fingerprint density at radius 2 is 2.06 bits per heavy atom. The highest BCUT2D eigenvalue weighted by Gasteiger charge is 2.22. The van der Waals surface area contributed by atoms with E-state index in [1.54, 1.807) is 0 Å². The molecule has 0 saturated heterocycles. The van der Waals surface area contributed by atoms with Crippen molar-refractivity contribution < 1.29 is 4.79 Å². The molecule has 0 aromatic carbocycles. The van der Waals surface area contributed by atoms with Gasteiger partial charge in [-0.1, -0.05) is 32.8 Å². The number of nitrogens with one attached hydrogen (secondary N) is 1. The van der Waals surface area contributed by atoms with Crippen molar-refractivity contribution >= 4 is 5.91 Å². The molecule has 0 radical (unpaired) electrons. The van der Waals surface area contributed by atoms with Crippen LogP contribution in [-0.4, -0.2) is 19.0 Å². The summed E-state index contributed by atoms with van der Waals surface area (Å²) in [5.74, 6) is 0.618. The molecule has 0 atom stereocenters. The second-order valence-corrected chi connectivity index (χ2v) is 5.33. The van der Waals surface area contributed by atoms with Crippen LogP contribution < -0.4 is 5.32 Å². The van der Waals surface area contributed by atoms with Crippen LogP contribution in [0.1, 0.15) is 47.0 Å². The van der Waals surface area contributed by atoms with Crippen LogP contribution >= 0.6 is 0 Å². The molecular weight excluding hydrogens is 216 g/mol. The molecule has 0 spiro atoms. The summed E-state index contributed by atoms with van der Waals surface area (Å²) >= 11 is 0. The van der Waals surface area contributed by atoms with Crippen LogP contribution in [0.2, 0.25) is 0 Å². The maximum absolute atomic E-state index is 11.5. The summed E-state index contributed by atoms with van der Waals surface area (Å²) in [5, 5.41) is 6.38. The second-order valence-electron chi connectivity index (χ2n) is 5.33. The number of carbonyl (C=O) groups is 1. The zero-order chi connectivity index (χ0) is 13.3. The number of rotatable bonds is 8. The average molecular weight is 240 g/mol. The molecule has 0 aliphatic rings. The smallest absolute Gasteiger partial charge is 0.220 e. The number of hydrogen-bond acceptors (Lipinski definition) is 2. The van der Waals surface area contributed by atoms with E-state index >= 15 is 0 Å². The summed E-state index contributed by atoms with van der Waals surface area (Å²) in [6.07, 6.45) is 2.05. The summed E-state index contributed by atoms with van der Waals surface area (Å²) < 4.78 is 0. The van der Waals surface area contributed by atoms with Crippen LogP contribution in [0, 0.1) is 11.3 Å². The van der Waals surface area contributed by atoms with Gasteiger partial charge in [-0.2, -0.15) is 0 Å². The normalized spacial score (nSPS) is 11.1. The van der Waals surface area contributed by atoms with Gasteiger partial charge in [0.05, 0.1) is 0 Å². The van der Waals surface area contributed by atoms with E-state index in [2.05, 4.69) is 43.0 Å². The number of amides is 1. The fraction of sp³-hybridized carbons (Fsp3) is 0.917. The van der Waals surface area contributed by atoms with E-state index in [4.69, 9.17) is 5.53 Å². The highest BCUT2D eigenvalue weighted by Crippen LogP contribution is 2.24. The molecule has 0 bridgehead atoms. The van der Waals surface area contributed by atoms with Gasteiger partial charge in [0.15, 0.2) is 0 Å². The first-order valence-electron chi connectivity index (χ1n) is 6.17. The molecule has 98 valence electrons. The second kappa shape index (κ2) is 7.96. The van der Waals surface area contributed by atoms with Crippen LogP contribution in [0.25, 0.3) is 10.4 Å². The third kappa shape index (κ3) is 7.64. The van der Waals surface area contributed by atoms with Gasteiger partial charge in [-0.3, -0.25) is 4.79 Å². The molecule has 5 nitrogen and oxygen atoms in total. The third-order valence-corrected chi connectivity index (χ3v) is 3.28. The van der Waals surface area contributed by atoms with Gasteiger partial charge >= 0.3 is 0 Å². The Bertz CT molecular complexity index is 280. The van der Waals surface area contributed by atoms with E-state index in [1.807, 2.05) is 0 Å². The van der Waals surface area contributed by atoms with Crippen molar-refractivity contribution in [1.29, 1.82) is 0 Å². The van der Waals surface area contributed by atoms with E-state index in [0.29, 0.717) is 25.4 Å². The molecule has 1 N–H and O–H groups in total. The van der Waals surface area contributed by atoms with E-state index in [0.717, 1.165) is 12.8 Å². The van der Waals surface area contributed by atoms with Gasteiger partial charge in [0, 0.05) is 24.4 Å². The van der Waals surface area contributed by atoms with Crippen LogP contribution in [0.15, 0.2) is 5.11 Å². The summed E-state index contributed by atoms with van der Waals surface area (Å²) in [6, 6.07) is 0. The lowest BCUT2D eigenvalue weighted by atomic mass is 9.81. The quantitative estimate of drug-likeness (QED) is 0.300. The molecule has 0 saturated carbocycles. The SMILES string of the molecule is CC(C)C(C)(C)CNC(=O)CCCCN=[N+]=[N-]. The monoisotopic (exact) mass is 240 g/mol. The highest BCUT2D eigenvalue weighted by atomic mass is 16.1. The van der Waals surface area contributed by atoms with Crippen LogP contribution in [0.4, 0.5) is 0 Å². The fourth-order valence-electron chi connectivity index (χ4n) is 1.13. The molecule has 0 aliphatic heterocycles. The predicted molar refractivity (Wildman–Crippen MR) is 69.5 cm³/mol. The summed E-state index contributed by atoms with van der Waals surface area (Å²) in [5.41, 5.74) is 8.21. The van der Waals surface area contributed by atoms with Crippen molar-refractivity contribution in [3.63, 3.8) is 0 Å². The Morgan fingerprint density at radius 1 is 1.41 bits per heavy atom. The molecular formula is C12H24N4O. The summed E-state index contributed by atoms with van der Waals surface area (Å²) in [7, 11) is 0. The largest absolute Gasteiger partial charge is 0.356 e. The first kappa shape index (κ1) is 15.8. The Labute approximate surface area is 104 Å². The van der Waals surface area contributed by atoms with Gasteiger partial charge in [-0.05, 0) is 29.7 Å². The molecule has 0 heterocycles. The number of nitrogens with zero attached hydrogens (tertiary/aromatic N) is 3. The van der Waals surface area contributed by atoms with Crippen LogP contribution in [-0.2, 0) is 4.79 Å². The zero-order valence-electron chi connectivity index (χ0n) is 11.4. The van der Waals surface area contributed by atoms with Crippen molar-refractivity contribution in [2.24, 2.45) is 16.4 Å². The van der Waals surface area contributed by atoms with Crippen molar-refractivity contribution in [3.05, 3.63) is 10.4 Å². The zero-order valence-corrected chi connectivity index (χ0v) is 11.4. The standard InChI is InChI=1S/C12H24N4O/c1-10(2)12(3,4)9-14-11(17)7-5-6-8-15-16-13/h10H,5-9H2,1-4H3,(H,14,17). The number of unbranched alkanes of at least 4 members (excludes halogenated alkanes) is 1. The lowest BCUT2D eigenvalue weighted by Gasteiger charge is -2.29. The lowest BCUT2D eigenvalue weighted by Crippen LogP contribution is -2.36. The maximum atomic E-state index is 11.5. The summed E-state index contributed by atoms with van der Waals surface area (Å²) in [6.45, 7) is 9.80. The predicted octanol–water partition coefficient (Wildman–Crippen LogP) is 3.27. The number of azide groups is 1.